The Morgan fingerprint density at radius 3 is 2.46 bits per heavy atom. The van der Waals surface area contributed by atoms with Crippen molar-refractivity contribution in [1.29, 1.82) is 0 Å². The van der Waals surface area contributed by atoms with E-state index in [-0.39, 0.29) is 24.8 Å². The fraction of sp³-hybridized carbons (Fsp3) is 0.263. The quantitative estimate of drug-likeness (QED) is 0.842. The Kier molecular flexibility index (Phi) is 5.96. The number of hydrogen-bond donors (Lipinski definition) is 2. The molecule has 2 aromatic rings. The molecular weight excluding hydrogens is 356 g/mol. The van der Waals surface area contributed by atoms with E-state index in [1.54, 1.807) is 36.4 Å². The van der Waals surface area contributed by atoms with Gasteiger partial charge in [-0.1, -0.05) is 29.8 Å². The van der Waals surface area contributed by atoms with Crippen LogP contribution in [-0.2, 0) is 4.79 Å². The zero-order chi connectivity index (χ0) is 18.4. The van der Waals surface area contributed by atoms with Crippen LogP contribution in [-0.4, -0.2) is 31.6 Å². The first-order chi connectivity index (χ1) is 12.6. The Bertz CT molecular complexity index is 796. The highest BCUT2D eigenvalue weighted by Gasteiger charge is 2.15. The third-order valence-electron chi connectivity index (χ3n) is 3.78. The first kappa shape index (κ1) is 18.1. The lowest BCUT2D eigenvalue weighted by molar-refractivity contribution is -0.116. The summed E-state index contributed by atoms with van der Waals surface area (Å²) in [5, 5.41) is 5.82. The summed E-state index contributed by atoms with van der Waals surface area (Å²) in [6, 6.07) is 12.1. The van der Waals surface area contributed by atoms with Crippen LogP contribution in [0.2, 0.25) is 5.02 Å². The molecule has 0 atom stereocenters. The fourth-order valence-corrected chi connectivity index (χ4v) is 2.67. The predicted molar refractivity (Wildman–Crippen MR) is 99.1 cm³/mol. The molecule has 136 valence electrons. The Morgan fingerprint density at radius 2 is 1.73 bits per heavy atom. The maximum Gasteiger partial charge on any atom is 0.251 e. The van der Waals surface area contributed by atoms with Crippen molar-refractivity contribution in [3.05, 3.63) is 53.1 Å². The molecule has 0 bridgehead atoms. The van der Waals surface area contributed by atoms with Gasteiger partial charge in [-0.3, -0.25) is 9.59 Å². The number of nitrogens with one attached hydrogen (secondary N) is 2. The van der Waals surface area contributed by atoms with Crippen molar-refractivity contribution < 1.29 is 19.1 Å². The molecule has 0 aromatic heterocycles. The highest BCUT2D eigenvalue weighted by molar-refractivity contribution is 6.34. The van der Waals surface area contributed by atoms with Crippen molar-refractivity contribution in [2.75, 3.05) is 25.1 Å². The lowest BCUT2D eigenvalue weighted by atomic mass is 10.2. The highest BCUT2D eigenvalue weighted by Crippen LogP contribution is 2.37. The molecule has 7 heteroatoms. The van der Waals surface area contributed by atoms with E-state index in [9.17, 15) is 9.59 Å². The molecule has 1 aliphatic heterocycles. The Morgan fingerprint density at radius 1 is 1.04 bits per heavy atom. The second-order valence-corrected chi connectivity index (χ2v) is 6.16. The van der Waals surface area contributed by atoms with E-state index in [4.69, 9.17) is 21.1 Å². The van der Waals surface area contributed by atoms with Crippen LogP contribution in [0.1, 0.15) is 23.2 Å². The first-order valence-electron chi connectivity index (χ1n) is 8.36. The average Bonchev–Trinajstić information content (AvgIpc) is 2.87. The molecule has 0 unspecified atom stereocenters. The van der Waals surface area contributed by atoms with Gasteiger partial charge in [0.2, 0.25) is 5.91 Å². The van der Waals surface area contributed by atoms with Crippen molar-refractivity contribution in [1.82, 2.24) is 5.32 Å². The van der Waals surface area contributed by atoms with E-state index in [1.807, 2.05) is 6.07 Å². The lowest BCUT2D eigenvalue weighted by Gasteiger charge is -2.12. The van der Waals surface area contributed by atoms with Crippen LogP contribution < -0.4 is 20.1 Å². The van der Waals surface area contributed by atoms with Gasteiger partial charge in [0.15, 0.2) is 11.5 Å². The van der Waals surface area contributed by atoms with Crippen LogP contribution in [0.25, 0.3) is 0 Å². The molecule has 0 radical (unpaired) electrons. The van der Waals surface area contributed by atoms with Gasteiger partial charge >= 0.3 is 0 Å². The number of halogens is 1. The summed E-state index contributed by atoms with van der Waals surface area (Å²) in [6.07, 6.45) is 0.915. The Balaban J connectivity index is 1.53. The zero-order valence-electron chi connectivity index (χ0n) is 14.1. The summed E-state index contributed by atoms with van der Waals surface area (Å²) in [5.41, 5.74) is 1.01. The summed E-state index contributed by atoms with van der Waals surface area (Å²) >= 11 is 6.20. The van der Waals surface area contributed by atoms with Crippen molar-refractivity contribution in [3.63, 3.8) is 0 Å². The van der Waals surface area contributed by atoms with Crippen LogP contribution in [0.4, 0.5) is 5.69 Å². The molecule has 0 saturated carbocycles. The molecule has 1 heterocycles. The van der Waals surface area contributed by atoms with Gasteiger partial charge in [0.1, 0.15) is 0 Å². The maximum absolute atomic E-state index is 12.1. The van der Waals surface area contributed by atoms with Gasteiger partial charge in [0.05, 0.1) is 23.9 Å². The predicted octanol–water partition coefficient (Wildman–Crippen LogP) is 3.26. The third kappa shape index (κ3) is 4.67. The van der Waals surface area contributed by atoms with Crippen LogP contribution in [0.5, 0.6) is 11.5 Å². The second-order valence-electron chi connectivity index (χ2n) is 5.75. The number of carbonyl (C=O) groups excluding carboxylic acids is 2. The van der Waals surface area contributed by atoms with Crippen LogP contribution in [0, 0.1) is 0 Å². The summed E-state index contributed by atoms with van der Waals surface area (Å²) < 4.78 is 11.1. The topological polar surface area (TPSA) is 76.7 Å². The van der Waals surface area contributed by atoms with Gasteiger partial charge in [0.25, 0.3) is 5.91 Å². The van der Waals surface area contributed by atoms with Gasteiger partial charge in [-0.2, -0.15) is 0 Å². The molecule has 1 aliphatic rings. The van der Waals surface area contributed by atoms with Gasteiger partial charge in [-0.25, -0.2) is 0 Å². The van der Waals surface area contributed by atoms with Crippen LogP contribution in [0.3, 0.4) is 0 Å². The molecule has 0 fully saturated rings. The average molecular weight is 375 g/mol. The Hall–Kier alpha value is -2.73. The van der Waals surface area contributed by atoms with E-state index >= 15 is 0 Å². The minimum Gasteiger partial charge on any atom is -0.490 e. The zero-order valence-corrected chi connectivity index (χ0v) is 14.8. The number of ether oxygens (including phenoxy) is 2. The van der Waals surface area contributed by atoms with E-state index in [2.05, 4.69) is 10.6 Å². The summed E-state index contributed by atoms with van der Waals surface area (Å²) in [6.45, 7) is 1.34. The SMILES string of the molecule is O=C(CCNC(=O)c1ccccc1)Nc1cc2c(cc1Cl)OCCCO2. The van der Waals surface area contributed by atoms with Crippen molar-refractivity contribution in [3.8, 4) is 11.5 Å². The molecule has 3 rings (SSSR count). The van der Waals surface area contributed by atoms with Gasteiger partial charge in [-0.05, 0) is 12.1 Å². The number of hydrogen-bond acceptors (Lipinski definition) is 4. The van der Waals surface area contributed by atoms with E-state index in [1.165, 1.54) is 0 Å². The smallest absolute Gasteiger partial charge is 0.251 e. The molecule has 26 heavy (non-hydrogen) atoms. The van der Waals surface area contributed by atoms with Gasteiger partial charge in [-0.15, -0.1) is 0 Å². The minimum atomic E-state index is -0.255. The summed E-state index contributed by atoms with van der Waals surface area (Å²) in [4.78, 5) is 24.1. The number of anilines is 1. The monoisotopic (exact) mass is 374 g/mol. The molecule has 2 amide bonds. The second kappa shape index (κ2) is 8.58. The molecule has 2 aromatic carbocycles. The van der Waals surface area contributed by atoms with Gasteiger partial charge < -0.3 is 20.1 Å². The first-order valence-corrected chi connectivity index (χ1v) is 8.73. The molecule has 0 aliphatic carbocycles. The summed E-state index contributed by atoms with van der Waals surface area (Å²) in [7, 11) is 0. The molecular formula is C19H19ClN2O4. The van der Waals surface area contributed by atoms with E-state index in [0.717, 1.165) is 6.42 Å². The number of amides is 2. The third-order valence-corrected chi connectivity index (χ3v) is 4.10. The number of rotatable bonds is 5. The molecule has 6 nitrogen and oxygen atoms in total. The largest absolute Gasteiger partial charge is 0.490 e. The summed E-state index contributed by atoms with van der Waals surface area (Å²) in [5.74, 6) is 0.655. The fourth-order valence-electron chi connectivity index (χ4n) is 2.47. The standard InChI is InChI=1S/C19H19ClN2O4/c20-14-11-16-17(26-10-4-9-25-16)12-15(14)22-18(23)7-8-21-19(24)13-5-2-1-3-6-13/h1-3,5-6,11-12H,4,7-10H2,(H,21,24)(H,22,23). The van der Waals surface area contributed by atoms with Crippen molar-refractivity contribution in [2.24, 2.45) is 0 Å². The normalized spacial score (nSPS) is 12.8. The molecule has 2 N–H and O–H groups in total. The highest BCUT2D eigenvalue weighted by atomic mass is 35.5. The minimum absolute atomic E-state index is 0.128. The van der Waals surface area contributed by atoms with Crippen LogP contribution in [0.15, 0.2) is 42.5 Å². The lowest BCUT2D eigenvalue weighted by Crippen LogP contribution is -2.27. The van der Waals surface area contributed by atoms with E-state index in [0.29, 0.717) is 41.0 Å². The maximum atomic E-state index is 12.1. The Labute approximate surface area is 156 Å². The van der Waals surface area contributed by atoms with Crippen LogP contribution >= 0.6 is 11.6 Å². The van der Waals surface area contributed by atoms with Gasteiger partial charge in [0, 0.05) is 37.1 Å². The van der Waals surface area contributed by atoms with Crippen molar-refractivity contribution >= 4 is 29.1 Å². The molecule has 0 spiro atoms. The number of fused-ring (bicyclic) bond motifs is 1. The number of benzene rings is 2. The number of carbonyl (C=O) groups is 2. The molecule has 0 saturated heterocycles. The van der Waals surface area contributed by atoms with E-state index < -0.39 is 0 Å². The van der Waals surface area contributed by atoms with Crippen molar-refractivity contribution in [2.45, 2.75) is 12.8 Å².